The SMILES string of the molecule is O=[N+]([O-])c1ccc(N2CC[NH+](CCOCCO)CC2)c([N+](=O)[O-])c1. The molecule has 0 spiro atoms. The summed E-state index contributed by atoms with van der Waals surface area (Å²) in [5.74, 6) is 0. The van der Waals surface area contributed by atoms with Crippen molar-refractivity contribution in [1.82, 2.24) is 0 Å². The highest BCUT2D eigenvalue weighted by molar-refractivity contribution is 5.66. The van der Waals surface area contributed by atoms with Crippen LogP contribution in [0.1, 0.15) is 0 Å². The van der Waals surface area contributed by atoms with Crippen molar-refractivity contribution in [3.8, 4) is 0 Å². The van der Waals surface area contributed by atoms with Gasteiger partial charge in [-0.25, -0.2) is 0 Å². The van der Waals surface area contributed by atoms with Crippen LogP contribution in [0.5, 0.6) is 0 Å². The van der Waals surface area contributed by atoms with E-state index in [9.17, 15) is 20.2 Å². The summed E-state index contributed by atoms with van der Waals surface area (Å²) in [6, 6.07) is 3.76. The summed E-state index contributed by atoms with van der Waals surface area (Å²) < 4.78 is 5.25. The number of nitro groups is 2. The summed E-state index contributed by atoms with van der Waals surface area (Å²) in [5, 5.41) is 30.7. The Hall–Kier alpha value is -2.30. The van der Waals surface area contributed by atoms with Crippen LogP contribution in [0.2, 0.25) is 0 Å². The predicted octanol–water partition coefficient (Wildman–Crippen LogP) is -0.783. The van der Waals surface area contributed by atoms with E-state index in [1.165, 1.54) is 17.0 Å². The van der Waals surface area contributed by atoms with Crippen LogP contribution in [0.25, 0.3) is 0 Å². The molecule has 0 bridgehead atoms. The number of anilines is 1. The van der Waals surface area contributed by atoms with Crippen LogP contribution in [0.4, 0.5) is 17.1 Å². The highest BCUT2D eigenvalue weighted by Crippen LogP contribution is 2.31. The van der Waals surface area contributed by atoms with Crippen molar-refractivity contribution in [3.05, 3.63) is 38.4 Å². The Kier molecular flexibility index (Phi) is 6.41. The van der Waals surface area contributed by atoms with Crippen molar-refractivity contribution < 1.29 is 24.6 Å². The number of rotatable bonds is 8. The fourth-order valence-electron chi connectivity index (χ4n) is 2.74. The van der Waals surface area contributed by atoms with Crippen LogP contribution in [-0.2, 0) is 4.74 Å². The van der Waals surface area contributed by atoms with Crippen molar-refractivity contribution in [3.63, 3.8) is 0 Å². The average molecular weight is 341 g/mol. The third kappa shape index (κ3) is 4.60. The topological polar surface area (TPSA) is 123 Å². The van der Waals surface area contributed by atoms with E-state index in [4.69, 9.17) is 9.84 Å². The lowest BCUT2D eigenvalue weighted by atomic mass is 10.2. The summed E-state index contributed by atoms with van der Waals surface area (Å²) in [4.78, 5) is 24.0. The number of piperazine rings is 1. The molecule has 2 N–H and O–H groups in total. The number of nitrogens with zero attached hydrogens (tertiary/aromatic N) is 3. The molecule has 1 aliphatic heterocycles. The molecule has 0 aromatic heterocycles. The molecule has 0 unspecified atom stereocenters. The number of ether oxygens (including phenoxy) is 1. The number of nitro benzene ring substituents is 2. The Morgan fingerprint density at radius 1 is 1.17 bits per heavy atom. The van der Waals surface area contributed by atoms with E-state index in [0.29, 0.717) is 32.0 Å². The highest BCUT2D eigenvalue weighted by atomic mass is 16.6. The van der Waals surface area contributed by atoms with E-state index in [2.05, 4.69) is 0 Å². The smallest absolute Gasteiger partial charge is 0.299 e. The number of benzene rings is 1. The number of aliphatic hydroxyl groups is 1. The summed E-state index contributed by atoms with van der Waals surface area (Å²) in [7, 11) is 0. The molecular weight excluding hydrogens is 320 g/mol. The molecule has 10 heteroatoms. The molecule has 0 radical (unpaired) electrons. The largest absolute Gasteiger partial charge is 0.394 e. The molecule has 1 heterocycles. The van der Waals surface area contributed by atoms with Crippen molar-refractivity contribution in [1.29, 1.82) is 0 Å². The van der Waals surface area contributed by atoms with E-state index in [0.717, 1.165) is 25.7 Å². The zero-order valence-electron chi connectivity index (χ0n) is 13.2. The predicted molar refractivity (Wildman–Crippen MR) is 85.4 cm³/mol. The maximum absolute atomic E-state index is 11.2. The number of nitrogens with one attached hydrogen (secondary N) is 1. The minimum absolute atomic E-state index is 0.00687. The van der Waals surface area contributed by atoms with Gasteiger partial charge in [-0.2, -0.15) is 0 Å². The second-order valence-electron chi connectivity index (χ2n) is 5.51. The fraction of sp³-hybridized carbons (Fsp3) is 0.571. The molecule has 2 rings (SSSR count). The summed E-state index contributed by atoms with van der Waals surface area (Å²) in [6.45, 7) is 4.58. The monoisotopic (exact) mass is 341 g/mol. The van der Waals surface area contributed by atoms with Gasteiger partial charge < -0.3 is 19.6 Å². The van der Waals surface area contributed by atoms with Gasteiger partial charge in [0, 0.05) is 6.07 Å². The average Bonchev–Trinajstić information content (AvgIpc) is 2.58. The summed E-state index contributed by atoms with van der Waals surface area (Å²) >= 11 is 0. The first kappa shape index (κ1) is 18.0. The molecule has 0 atom stereocenters. The van der Waals surface area contributed by atoms with E-state index >= 15 is 0 Å². The second kappa shape index (κ2) is 8.52. The van der Waals surface area contributed by atoms with Gasteiger partial charge in [0.2, 0.25) is 0 Å². The number of quaternary nitrogens is 1. The lowest BCUT2D eigenvalue weighted by molar-refractivity contribution is -0.901. The van der Waals surface area contributed by atoms with Gasteiger partial charge in [0.1, 0.15) is 12.2 Å². The van der Waals surface area contributed by atoms with Crippen LogP contribution >= 0.6 is 0 Å². The third-order valence-electron chi connectivity index (χ3n) is 4.01. The van der Waals surface area contributed by atoms with E-state index in [1.807, 2.05) is 4.90 Å². The van der Waals surface area contributed by atoms with E-state index in [1.54, 1.807) is 0 Å². The first-order chi connectivity index (χ1) is 11.5. The third-order valence-corrected chi connectivity index (χ3v) is 4.01. The molecule has 0 amide bonds. The molecule has 132 valence electrons. The van der Waals surface area contributed by atoms with Crippen molar-refractivity contribution >= 4 is 17.1 Å². The van der Waals surface area contributed by atoms with Gasteiger partial charge in [0.25, 0.3) is 11.4 Å². The summed E-state index contributed by atoms with van der Waals surface area (Å²) in [6.07, 6.45) is 0. The van der Waals surface area contributed by atoms with Crippen LogP contribution in [0.15, 0.2) is 18.2 Å². The molecule has 1 aromatic rings. The van der Waals surface area contributed by atoms with Gasteiger partial charge in [-0.1, -0.05) is 0 Å². The minimum atomic E-state index is -0.634. The number of hydrogen-bond donors (Lipinski definition) is 2. The van der Waals surface area contributed by atoms with Gasteiger partial charge in [-0.05, 0) is 6.07 Å². The van der Waals surface area contributed by atoms with Crippen molar-refractivity contribution in [2.24, 2.45) is 0 Å². The van der Waals surface area contributed by atoms with Gasteiger partial charge >= 0.3 is 0 Å². The van der Waals surface area contributed by atoms with Crippen LogP contribution in [0.3, 0.4) is 0 Å². The maximum atomic E-state index is 11.2. The lowest BCUT2D eigenvalue weighted by Crippen LogP contribution is -3.15. The molecule has 24 heavy (non-hydrogen) atoms. The molecule has 1 aliphatic rings. The van der Waals surface area contributed by atoms with Crippen molar-refractivity contribution in [2.75, 3.05) is 57.4 Å². The zero-order chi connectivity index (χ0) is 17.5. The first-order valence-corrected chi connectivity index (χ1v) is 7.73. The molecule has 1 aromatic carbocycles. The Labute approximate surface area is 138 Å². The fourth-order valence-corrected chi connectivity index (χ4v) is 2.74. The first-order valence-electron chi connectivity index (χ1n) is 7.73. The molecule has 0 saturated carbocycles. The Morgan fingerprint density at radius 2 is 1.88 bits per heavy atom. The number of hydrogen-bond acceptors (Lipinski definition) is 7. The van der Waals surface area contributed by atoms with Crippen LogP contribution < -0.4 is 9.80 Å². The van der Waals surface area contributed by atoms with Gasteiger partial charge in [0.05, 0.1) is 61.9 Å². The quantitative estimate of drug-likeness (QED) is 0.361. The Balaban J connectivity index is 1.98. The van der Waals surface area contributed by atoms with Crippen LogP contribution in [0, 0.1) is 20.2 Å². The van der Waals surface area contributed by atoms with E-state index in [-0.39, 0.29) is 18.0 Å². The highest BCUT2D eigenvalue weighted by Gasteiger charge is 2.27. The molecule has 1 fully saturated rings. The van der Waals surface area contributed by atoms with Gasteiger partial charge in [-0.3, -0.25) is 20.2 Å². The minimum Gasteiger partial charge on any atom is -0.394 e. The molecular formula is C14H21N4O6+. The van der Waals surface area contributed by atoms with Gasteiger partial charge in [0.15, 0.2) is 0 Å². The van der Waals surface area contributed by atoms with Crippen molar-refractivity contribution in [2.45, 2.75) is 0 Å². The zero-order valence-corrected chi connectivity index (χ0v) is 13.2. The normalized spacial score (nSPS) is 15.5. The van der Waals surface area contributed by atoms with Crippen LogP contribution in [-0.4, -0.2) is 67.5 Å². The second-order valence-corrected chi connectivity index (χ2v) is 5.51. The number of aliphatic hydroxyl groups excluding tert-OH is 1. The van der Waals surface area contributed by atoms with E-state index < -0.39 is 9.85 Å². The number of non-ortho nitro benzene ring substituents is 1. The summed E-state index contributed by atoms with van der Waals surface area (Å²) in [5.41, 5.74) is -0.101. The molecule has 1 saturated heterocycles. The lowest BCUT2D eigenvalue weighted by Gasteiger charge is -2.33. The van der Waals surface area contributed by atoms with Gasteiger partial charge in [-0.15, -0.1) is 0 Å². The molecule has 10 nitrogen and oxygen atoms in total. The standard InChI is InChI=1S/C14H20N4O6/c19-8-10-24-9-7-15-3-5-16(6-4-15)13-2-1-12(17(20)21)11-14(13)18(22)23/h1-2,11,19H,3-10H2/p+1. The Morgan fingerprint density at radius 3 is 2.46 bits per heavy atom. The maximum Gasteiger partial charge on any atom is 0.299 e. The molecule has 0 aliphatic carbocycles. The Bertz CT molecular complexity index is 589.